The number of benzene rings is 1. The molecule has 2 rings (SSSR count). The lowest BCUT2D eigenvalue weighted by Crippen LogP contribution is -2.23. The van der Waals surface area contributed by atoms with Crippen molar-refractivity contribution in [2.45, 2.75) is 26.3 Å². The summed E-state index contributed by atoms with van der Waals surface area (Å²) in [5.74, 6) is 0.834. The van der Waals surface area contributed by atoms with Crippen LogP contribution in [-0.2, 0) is 13.0 Å². The average molecular weight is 287 g/mol. The van der Waals surface area contributed by atoms with Crippen LogP contribution in [0.3, 0.4) is 0 Å². The van der Waals surface area contributed by atoms with Crippen LogP contribution in [0.5, 0.6) is 5.75 Å². The molecule has 0 radical (unpaired) electrons. The fraction of sp³-hybridized carbons (Fsp3) is 0.375. The third-order valence-corrected chi connectivity index (χ3v) is 3.22. The second-order valence-corrected chi connectivity index (χ2v) is 4.83. The van der Waals surface area contributed by atoms with Crippen LogP contribution in [0.4, 0.5) is 5.69 Å². The SMILES string of the molecule is CCCNc1cnn(CCc2ccc(OC)cc2)c(=O)c1. The second-order valence-electron chi connectivity index (χ2n) is 4.83. The molecule has 1 aromatic carbocycles. The summed E-state index contributed by atoms with van der Waals surface area (Å²) in [6.07, 6.45) is 3.48. The van der Waals surface area contributed by atoms with E-state index < -0.39 is 0 Å². The zero-order valence-corrected chi connectivity index (χ0v) is 12.5. The summed E-state index contributed by atoms with van der Waals surface area (Å²) in [5.41, 5.74) is 1.85. The molecule has 1 N–H and O–H groups in total. The van der Waals surface area contributed by atoms with Gasteiger partial charge in [-0.2, -0.15) is 5.10 Å². The van der Waals surface area contributed by atoms with Gasteiger partial charge in [0.2, 0.25) is 0 Å². The number of hydrogen-bond acceptors (Lipinski definition) is 4. The van der Waals surface area contributed by atoms with Crippen molar-refractivity contribution in [1.29, 1.82) is 0 Å². The van der Waals surface area contributed by atoms with Crippen molar-refractivity contribution in [3.63, 3.8) is 0 Å². The van der Waals surface area contributed by atoms with E-state index in [0.717, 1.165) is 36.4 Å². The van der Waals surface area contributed by atoms with E-state index in [2.05, 4.69) is 17.3 Å². The summed E-state index contributed by atoms with van der Waals surface area (Å²) in [6.45, 7) is 3.49. The number of methoxy groups -OCH3 is 1. The van der Waals surface area contributed by atoms with Crippen molar-refractivity contribution in [3.8, 4) is 5.75 Å². The lowest BCUT2D eigenvalue weighted by atomic mass is 10.1. The lowest BCUT2D eigenvalue weighted by molar-refractivity contribution is 0.414. The van der Waals surface area contributed by atoms with Gasteiger partial charge in [-0.05, 0) is 30.5 Å². The zero-order chi connectivity index (χ0) is 15.1. The van der Waals surface area contributed by atoms with E-state index in [1.165, 1.54) is 4.68 Å². The Hall–Kier alpha value is -2.30. The summed E-state index contributed by atoms with van der Waals surface area (Å²) < 4.78 is 6.61. The smallest absolute Gasteiger partial charge is 0.268 e. The van der Waals surface area contributed by atoms with Gasteiger partial charge in [0.1, 0.15) is 5.75 Å². The van der Waals surface area contributed by atoms with Gasteiger partial charge in [0, 0.05) is 19.2 Å². The van der Waals surface area contributed by atoms with Gasteiger partial charge in [-0.3, -0.25) is 4.79 Å². The molecule has 1 aromatic heterocycles. The summed E-state index contributed by atoms with van der Waals surface area (Å²) in [4.78, 5) is 12.0. The molecule has 2 aromatic rings. The van der Waals surface area contributed by atoms with E-state index in [1.807, 2.05) is 24.3 Å². The molecule has 0 spiro atoms. The van der Waals surface area contributed by atoms with Crippen LogP contribution in [-0.4, -0.2) is 23.4 Å². The number of aromatic nitrogens is 2. The third-order valence-electron chi connectivity index (χ3n) is 3.22. The maximum absolute atomic E-state index is 12.0. The minimum Gasteiger partial charge on any atom is -0.497 e. The predicted octanol–water partition coefficient (Wildman–Crippen LogP) is 2.32. The van der Waals surface area contributed by atoms with E-state index >= 15 is 0 Å². The zero-order valence-electron chi connectivity index (χ0n) is 12.5. The Morgan fingerprint density at radius 1 is 1.29 bits per heavy atom. The Morgan fingerprint density at radius 2 is 2.05 bits per heavy atom. The number of nitrogens with zero attached hydrogens (tertiary/aromatic N) is 2. The summed E-state index contributed by atoms with van der Waals surface area (Å²) in [5, 5.41) is 7.36. The first kappa shape index (κ1) is 15.1. The number of hydrogen-bond donors (Lipinski definition) is 1. The summed E-state index contributed by atoms with van der Waals surface area (Å²) in [6, 6.07) is 9.44. The molecule has 0 amide bonds. The Balaban J connectivity index is 1.97. The van der Waals surface area contributed by atoms with Crippen molar-refractivity contribution in [1.82, 2.24) is 9.78 Å². The van der Waals surface area contributed by atoms with Gasteiger partial charge in [-0.15, -0.1) is 0 Å². The van der Waals surface area contributed by atoms with Crippen LogP contribution in [0.15, 0.2) is 41.3 Å². The van der Waals surface area contributed by atoms with Crippen LogP contribution in [0.2, 0.25) is 0 Å². The van der Waals surface area contributed by atoms with Crippen molar-refractivity contribution >= 4 is 5.69 Å². The van der Waals surface area contributed by atoms with Crippen LogP contribution in [0.1, 0.15) is 18.9 Å². The molecule has 5 heteroatoms. The minimum absolute atomic E-state index is 0.0791. The van der Waals surface area contributed by atoms with Gasteiger partial charge in [0.05, 0.1) is 19.0 Å². The first-order chi connectivity index (χ1) is 10.2. The standard InChI is InChI=1S/C16H21N3O2/c1-3-9-17-14-11-16(20)19(18-12-14)10-8-13-4-6-15(21-2)7-5-13/h4-7,11-12,17H,3,8-10H2,1-2H3. The molecular formula is C16H21N3O2. The molecule has 0 fully saturated rings. The largest absolute Gasteiger partial charge is 0.497 e. The van der Waals surface area contributed by atoms with Gasteiger partial charge < -0.3 is 10.1 Å². The van der Waals surface area contributed by atoms with E-state index in [1.54, 1.807) is 19.4 Å². The first-order valence-corrected chi connectivity index (χ1v) is 7.17. The second kappa shape index (κ2) is 7.47. The van der Waals surface area contributed by atoms with Crippen LogP contribution in [0, 0.1) is 0 Å². The Labute approximate surface area is 124 Å². The molecule has 0 saturated heterocycles. The van der Waals surface area contributed by atoms with E-state index in [0.29, 0.717) is 6.54 Å². The molecular weight excluding hydrogens is 266 g/mol. The fourth-order valence-electron chi connectivity index (χ4n) is 1.99. The molecule has 0 aliphatic heterocycles. The normalized spacial score (nSPS) is 10.4. The van der Waals surface area contributed by atoms with Crippen molar-refractivity contribution < 1.29 is 4.74 Å². The monoisotopic (exact) mass is 287 g/mol. The molecule has 0 atom stereocenters. The molecule has 1 heterocycles. The number of ether oxygens (including phenoxy) is 1. The average Bonchev–Trinajstić information content (AvgIpc) is 2.52. The number of anilines is 1. The lowest BCUT2D eigenvalue weighted by Gasteiger charge is -2.08. The Morgan fingerprint density at radius 3 is 2.67 bits per heavy atom. The minimum atomic E-state index is -0.0791. The fourth-order valence-corrected chi connectivity index (χ4v) is 1.99. The molecule has 5 nitrogen and oxygen atoms in total. The quantitative estimate of drug-likeness (QED) is 0.849. The van der Waals surface area contributed by atoms with Crippen LogP contribution >= 0.6 is 0 Å². The maximum Gasteiger partial charge on any atom is 0.268 e. The van der Waals surface area contributed by atoms with Gasteiger partial charge in [0.25, 0.3) is 5.56 Å². The highest BCUT2D eigenvalue weighted by atomic mass is 16.5. The highest BCUT2D eigenvalue weighted by Gasteiger charge is 2.01. The number of rotatable bonds is 7. The van der Waals surface area contributed by atoms with Gasteiger partial charge in [-0.1, -0.05) is 19.1 Å². The highest BCUT2D eigenvalue weighted by molar-refractivity contribution is 5.38. The maximum atomic E-state index is 12.0. The van der Waals surface area contributed by atoms with E-state index in [9.17, 15) is 4.79 Å². The number of aryl methyl sites for hydroxylation is 2. The summed E-state index contributed by atoms with van der Waals surface area (Å²) >= 11 is 0. The molecule has 0 unspecified atom stereocenters. The highest BCUT2D eigenvalue weighted by Crippen LogP contribution is 2.11. The van der Waals surface area contributed by atoms with Gasteiger partial charge in [0.15, 0.2) is 0 Å². The van der Waals surface area contributed by atoms with Crippen LogP contribution < -0.4 is 15.6 Å². The third kappa shape index (κ3) is 4.34. The Kier molecular flexibility index (Phi) is 5.37. The van der Waals surface area contributed by atoms with Crippen molar-refractivity contribution in [3.05, 3.63) is 52.4 Å². The van der Waals surface area contributed by atoms with Gasteiger partial charge >= 0.3 is 0 Å². The summed E-state index contributed by atoms with van der Waals surface area (Å²) in [7, 11) is 1.65. The van der Waals surface area contributed by atoms with Crippen molar-refractivity contribution in [2.24, 2.45) is 0 Å². The molecule has 0 aliphatic rings. The molecule has 21 heavy (non-hydrogen) atoms. The Bertz CT molecular complexity index is 620. The number of nitrogens with one attached hydrogen (secondary N) is 1. The molecule has 0 bridgehead atoms. The van der Waals surface area contributed by atoms with E-state index in [4.69, 9.17) is 4.74 Å². The first-order valence-electron chi connectivity index (χ1n) is 7.17. The molecule has 0 aliphatic carbocycles. The predicted molar refractivity (Wildman–Crippen MR) is 84.0 cm³/mol. The van der Waals surface area contributed by atoms with Gasteiger partial charge in [-0.25, -0.2) is 4.68 Å². The topological polar surface area (TPSA) is 56.1 Å². The van der Waals surface area contributed by atoms with Crippen molar-refractivity contribution in [2.75, 3.05) is 19.0 Å². The van der Waals surface area contributed by atoms with Crippen LogP contribution in [0.25, 0.3) is 0 Å². The van der Waals surface area contributed by atoms with E-state index in [-0.39, 0.29) is 5.56 Å². The molecule has 0 saturated carbocycles. The molecule has 112 valence electrons.